The van der Waals surface area contributed by atoms with Crippen molar-refractivity contribution >= 4 is 41.1 Å². The number of ether oxygens (including phenoxy) is 2. The number of anilines is 2. The van der Waals surface area contributed by atoms with Crippen LogP contribution >= 0.6 is 11.8 Å². The third kappa shape index (κ3) is 5.69. The Morgan fingerprint density at radius 3 is 2.77 bits per heavy atom. The average Bonchev–Trinajstić information content (AvgIpc) is 3.18. The number of nitrogen functional groups attached to an aromatic ring is 1. The highest BCUT2D eigenvalue weighted by Crippen LogP contribution is 2.24. The fourth-order valence-electron chi connectivity index (χ4n) is 2.97. The number of nitrogens with two attached hydrogens (primary N) is 1. The molecule has 1 aromatic heterocycles. The van der Waals surface area contributed by atoms with Gasteiger partial charge in [-0.1, -0.05) is 17.8 Å². The largest absolute Gasteiger partial charge is 0.462 e. The molecule has 1 aliphatic rings. The third-order valence-corrected chi connectivity index (χ3v) is 5.19. The molecule has 1 heterocycles. The van der Waals surface area contributed by atoms with E-state index in [9.17, 15) is 14.4 Å². The van der Waals surface area contributed by atoms with Crippen LogP contribution in [-0.4, -0.2) is 46.8 Å². The van der Waals surface area contributed by atoms with Gasteiger partial charge in [0.15, 0.2) is 11.8 Å². The summed E-state index contributed by atoms with van der Waals surface area (Å²) in [7, 11) is 0. The summed E-state index contributed by atoms with van der Waals surface area (Å²) in [4.78, 5) is 43.5. The maximum Gasteiger partial charge on any atom is 0.343 e. The van der Waals surface area contributed by atoms with E-state index in [1.54, 1.807) is 6.92 Å². The Bertz CT molecular complexity index is 966. The average molecular weight is 430 g/mol. The molecule has 0 saturated heterocycles. The molecule has 30 heavy (non-hydrogen) atoms. The van der Waals surface area contributed by atoms with E-state index in [0.29, 0.717) is 5.69 Å². The van der Waals surface area contributed by atoms with Crippen LogP contribution in [0, 0.1) is 0 Å². The molecule has 1 amide bonds. The quantitative estimate of drug-likeness (QED) is 0.366. The number of rotatable bonds is 8. The maximum atomic E-state index is 12.0. The molecule has 158 valence electrons. The normalized spacial score (nSPS) is 12.2. The molecule has 0 atom stereocenters. The fraction of sp³-hybridized carbons (Fsp3) is 0.350. The van der Waals surface area contributed by atoms with E-state index in [2.05, 4.69) is 15.3 Å². The van der Waals surface area contributed by atoms with Crippen LogP contribution in [0.1, 0.15) is 34.8 Å². The van der Waals surface area contributed by atoms with Crippen molar-refractivity contribution in [1.29, 1.82) is 0 Å². The van der Waals surface area contributed by atoms with Crippen LogP contribution in [0.2, 0.25) is 0 Å². The highest BCUT2D eigenvalue weighted by atomic mass is 32.2. The summed E-state index contributed by atoms with van der Waals surface area (Å²) < 4.78 is 9.83. The van der Waals surface area contributed by atoms with Gasteiger partial charge in [0, 0.05) is 11.9 Å². The van der Waals surface area contributed by atoms with E-state index in [1.807, 2.05) is 18.2 Å². The second-order valence-electron chi connectivity index (χ2n) is 6.51. The van der Waals surface area contributed by atoms with Crippen molar-refractivity contribution in [3.63, 3.8) is 0 Å². The van der Waals surface area contributed by atoms with Crippen LogP contribution in [0.15, 0.2) is 29.6 Å². The first-order valence-corrected chi connectivity index (χ1v) is 10.4. The summed E-state index contributed by atoms with van der Waals surface area (Å²) in [5.41, 5.74) is 9.04. The molecule has 10 heteroatoms. The Kier molecular flexibility index (Phi) is 7.23. The number of nitrogens with one attached hydrogen (secondary N) is 1. The van der Waals surface area contributed by atoms with E-state index >= 15 is 0 Å². The van der Waals surface area contributed by atoms with Crippen molar-refractivity contribution in [1.82, 2.24) is 9.97 Å². The van der Waals surface area contributed by atoms with Crippen LogP contribution in [0.3, 0.4) is 0 Å². The predicted octanol–water partition coefficient (Wildman–Crippen LogP) is 2.00. The van der Waals surface area contributed by atoms with Crippen LogP contribution in [-0.2, 0) is 31.9 Å². The van der Waals surface area contributed by atoms with Crippen molar-refractivity contribution in [2.75, 3.05) is 30.0 Å². The van der Waals surface area contributed by atoms with Gasteiger partial charge in [-0.3, -0.25) is 9.59 Å². The van der Waals surface area contributed by atoms with Gasteiger partial charge in [-0.25, -0.2) is 14.8 Å². The lowest BCUT2D eigenvalue weighted by atomic mass is 10.1. The van der Waals surface area contributed by atoms with E-state index < -0.39 is 17.8 Å². The molecule has 0 bridgehead atoms. The zero-order valence-corrected chi connectivity index (χ0v) is 17.3. The van der Waals surface area contributed by atoms with Gasteiger partial charge in [-0.15, -0.1) is 0 Å². The molecule has 0 aliphatic heterocycles. The standard InChI is InChI=1S/C20H22N4O5S/c1-2-28-19(27)15-9-22-20(24-18(15)21)30-11-17(26)29-10-16(25)23-14-7-6-12-4-3-5-13(12)8-14/h6-9H,2-5,10-11H2,1H3,(H,23,25)(H2,21,22,24). The number of esters is 2. The number of fused-ring (bicyclic) bond motifs is 1. The SMILES string of the molecule is CCOC(=O)c1cnc(SCC(=O)OCC(=O)Nc2ccc3c(c2)CCC3)nc1N. The lowest BCUT2D eigenvalue weighted by molar-refractivity contribution is -0.144. The molecule has 1 aromatic carbocycles. The zero-order valence-electron chi connectivity index (χ0n) is 16.5. The molecule has 2 aromatic rings. The number of carbonyl (C=O) groups excluding carboxylic acids is 3. The molecular formula is C20H22N4O5S. The molecule has 0 radical (unpaired) electrons. The lowest BCUT2D eigenvalue weighted by Crippen LogP contribution is -2.21. The van der Waals surface area contributed by atoms with Gasteiger partial charge in [-0.2, -0.15) is 0 Å². The summed E-state index contributed by atoms with van der Waals surface area (Å²) in [6.45, 7) is 1.50. The summed E-state index contributed by atoms with van der Waals surface area (Å²) in [6, 6.07) is 5.82. The number of benzene rings is 1. The molecule has 0 saturated carbocycles. The summed E-state index contributed by atoms with van der Waals surface area (Å²) in [5.74, 6) is -1.76. The fourth-order valence-corrected chi connectivity index (χ4v) is 3.59. The van der Waals surface area contributed by atoms with Crippen LogP contribution in [0.4, 0.5) is 11.5 Å². The van der Waals surface area contributed by atoms with E-state index in [-0.39, 0.29) is 35.5 Å². The number of carbonyl (C=O) groups is 3. The van der Waals surface area contributed by atoms with Gasteiger partial charge in [0.25, 0.3) is 5.91 Å². The van der Waals surface area contributed by atoms with Gasteiger partial charge in [0.1, 0.15) is 11.4 Å². The van der Waals surface area contributed by atoms with Crippen molar-refractivity contribution < 1.29 is 23.9 Å². The van der Waals surface area contributed by atoms with Crippen LogP contribution in [0.25, 0.3) is 0 Å². The molecule has 3 rings (SSSR count). The predicted molar refractivity (Wildman–Crippen MR) is 111 cm³/mol. The summed E-state index contributed by atoms with van der Waals surface area (Å²) >= 11 is 0.985. The monoisotopic (exact) mass is 430 g/mol. The Balaban J connectivity index is 1.43. The highest BCUT2D eigenvalue weighted by molar-refractivity contribution is 7.99. The molecule has 0 fully saturated rings. The number of aromatic nitrogens is 2. The number of thioether (sulfide) groups is 1. The first kappa shape index (κ1) is 21.6. The topological polar surface area (TPSA) is 134 Å². The lowest BCUT2D eigenvalue weighted by Gasteiger charge is -2.08. The summed E-state index contributed by atoms with van der Waals surface area (Å²) in [6.07, 6.45) is 4.46. The smallest absolute Gasteiger partial charge is 0.343 e. The minimum atomic E-state index is -0.611. The number of amides is 1. The third-order valence-electron chi connectivity index (χ3n) is 4.36. The van der Waals surface area contributed by atoms with E-state index in [0.717, 1.165) is 31.0 Å². The number of hydrogen-bond donors (Lipinski definition) is 2. The van der Waals surface area contributed by atoms with Crippen molar-refractivity contribution in [3.8, 4) is 0 Å². The first-order chi connectivity index (χ1) is 14.5. The van der Waals surface area contributed by atoms with Gasteiger partial charge < -0.3 is 20.5 Å². The molecule has 0 unspecified atom stereocenters. The Hall–Kier alpha value is -3.14. The molecule has 0 spiro atoms. The van der Waals surface area contributed by atoms with Crippen LogP contribution < -0.4 is 11.1 Å². The second-order valence-corrected chi connectivity index (χ2v) is 7.45. The highest BCUT2D eigenvalue weighted by Gasteiger charge is 2.16. The van der Waals surface area contributed by atoms with Gasteiger partial charge >= 0.3 is 11.9 Å². The minimum Gasteiger partial charge on any atom is -0.462 e. The van der Waals surface area contributed by atoms with Crippen molar-refractivity contribution in [2.24, 2.45) is 0 Å². The first-order valence-electron chi connectivity index (χ1n) is 9.46. The Morgan fingerprint density at radius 1 is 1.20 bits per heavy atom. The van der Waals surface area contributed by atoms with Crippen molar-refractivity contribution in [3.05, 3.63) is 41.1 Å². The molecular weight excluding hydrogens is 408 g/mol. The second kappa shape index (κ2) is 10.1. The minimum absolute atomic E-state index is 0.0342. The summed E-state index contributed by atoms with van der Waals surface area (Å²) in [5, 5.41) is 2.94. The number of hydrogen-bond acceptors (Lipinski definition) is 9. The Morgan fingerprint density at radius 2 is 2.00 bits per heavy atom. The molecule has 3 N–H and O–H groups in total. The van der Waals surface area contributed by atoms with Crippen LogP contribution in [0.5, 0.6) is 0 Å². The molecule has 9 nitrogen and oxygen atoms in total. The van der Waals surface area contributed by atoms with Gasteiger partial charge in [0.05, 0.1) is 12.4 Å². The zero-order chi connectivity index (χ0) is 21.5. The van der Waals surface area contributed by atoms with E-state index in [1.165, 1.54) is 17.3 Å². The van der Waals surface area contributed by atoms with Gasteiger partial charge in [0.2, 0.25) is 0 Å². The van der Waals surface area contributed by atoms with Gasteiger partial charge in [-0.05, 0) is 49.4 Å². The van der Waals surface area contributed by atoms with E-state index in [4.69, 9.17) is 15.2 Å². The Labute approximate surface area is 177 Å². The molecule has 1 aliphatic carbocycles. The maximum absolute atomic E-state index is 12.0. The van der Waals surface area contributed by atoms with Crippen molar-refractivity contribution in [2.45, 2.75) is 31.3 Å². The number of nitrogens with zero attached hydrogens (tertiary/aromatic N) is 2. The number of aryl methyl sites for hydroxylation is 2.